The van der Waals surface area contributed by atoms with Gasteiger partial charge < -0.3 is 14.4 Å². The Kier molecular flexibility index (Phi) is 6.68. The molecule has 1 unspecified atom stereocenters. The summed E-state index contributed by atoms with van der Waals surface area (Å²) < 4.78 is 45.0. The fraction of sp³-hybridized carbons (Fsp3) is 0.370. The first kappa shape index (κ1) is 24.6. The number of nitrogens with zero attached hydrogens (tertiary/aromatic N) is 3. The number of aliphatic hydroxyl groups is 1. The molecule has 186 valence electrons. The molecule has 0 bridgehead atoms. The summed E-state index contributed by atoms with van der Waals surface area (Å²) in [7, 11) is 0.859. The van der Waals surface area contributed by atoms with Crippen molar-refractivity contribution in [3.8, 4) is 28.7 Å². The van der Waals surface area contributed by atoms with Crippen LogP contribution in [0.15, 0.2) is 60.9 Å². The van der Waals surface area contributed by atoms with E-state index in [1.54, 1.807) is 6.20 Å². The lowest BCUT2D eigenvalue weighted by molar-refractivity contribution is -0.162. The molecule has 0 amide bonds. The van der Waals surface area contributed by atoms with Crippen molar-refractivity contribution in [2.45, 2.75) is 36.3 Å². The van der Waals surface area contributed by atoms with Crippen LogP contribution in [0, 0.1) is 11.8 Å². The van der Waals surface area contributed by atoms with Crippen LogP contribution in [0.3, 0.4) is 0 Å². The van der Waals surface area contributed by atoms with Crippen LogP contribution in [-0.4, -0.2) is 67.6 Å². The van der Waals surface area contributed by atoms with Gasteiger partial charge in [-0.2, -0.15) is 13.2 Å². The summed E-state index contributed by atoms with van der Waals surface area (Å²) >= 11 is 0. The van der Waals surface area contributed by atoms with Crippen LogP contribution >= 0.6 is 0 Å². The number of aromatic nitrogens is 2. The van der Waals surface area contributed by atoms with E-state index in [2.05, 4.69) is 23.7 Å². The molecule has 9 heteroatoms. The van der Waals surface area contributed by atoms with Crippen LogP contribution in [0.2, 0.25) is 6.04 Å². The highest BCUT2D eigenvalue weighted by atomic mass is 28.2. The topological polar surface area (TPSA) is 50.5 Å². The van der Waals surface area contributed by atoms with Crippen molar-refractivity contribution < 1.29 is 23.0 Å². The van der Waals surface area contributed by atoms with Crippen LogP contribution in [0.4, 0.5) is 13.2 Å². The molecule has 0 saturated carbocycles. The maximum absolute atomic E-state index is 12.4. The Morgan fingerprint density at radius 1 is 1.14 bits per heavy atom. The Labute approximate surface area is 210 Å². The Balaban J connectivity index is 1.19. The van der Waals surface area contributed by atoms with Crippen molar-refractivity contribution in [3.05, 3.63) is 72.3 Å². The van der Waals surface area contributed by atoms with Gasteiger partial charge in [0.2, 0.25) is 0 Å². The molecule has 0 aliphatic carbocycles. The van der Waals surface area contributed by atoms with E-state index in [-0.39, 0.29) is 36.9 Å². The van der Waals surface area contributed by atoms with Crippen LogP contribution in [-0.2, 0) is 5.04 Å². The van der Waals surface area contributed by atoms with Gasteiger partial charge in [-0.25, -0.2) is 4.98 Å². The molecule has 2 aromatic carbocycles. The second kappa shape index (κ2) is 9.77. The standard InChI is InChI=1S/C27H26F3N3O2Si/c1-26(18-36-26)25-31-12-13-33(25)22(16-34)9-4-19-2-5-20(6-3-19)21-7-10-23(11-8-21)35-24-14-32(15-24)17-27(28,29)30/h2-3,5-8,10-13,22,24,34H,14-18H2,1H3/t22-,26?/m0/s1. The van der Waals surface area contributed by atoms with Crippen molar-refractivity contribution in [3.63, 3.8) is 0 Å². The minimum atomic E-state index is -4.17. The van der Waals surface area contributed by atoms with Gasteiger partial charge in [-0.3, -0.25) is 4.90 Å². The van der Waals surface area contributed by atoms with Crippen LogP contribution in [0.5, 0.6) is 5.75 Å². The molecule has 5 nitrogen and oxygen atoms in total. The molecular weight excluding hydrogens is 483 g/mol. The first-order valence-electron chi connectivity index (χ1n) is 11.8. The summed E-state index contributed by atoms with van der Waals surface area (Å²) in [4.78, 5) is 5.83. The monoisotopic (exact) mass is 509 g/mol. The van der Waals surface area contributed by atoms with Crippen molar-refractivity contribution in [2.24, 2.45) is 0 Å². The first-order chi connectivity index (χ1) is 17.2. The number of ether oxygens (including phenoxy) is 1. The summed E-state index contributed by atoms with van der Waals surface area (Å²) in [6, 6.07) is 16.2. The average Bonchev–Trinajstić information content (AvgIpc) is 3.37. The number of benzene rings is 2. The summed E-state index contributed by atoms with van der Waals surface area (Å²) in [5.41, 5.74) is 2.88. The highest BCUT2D eigenvalue weighted by Crippen LogP contribution is 2.40. The quantitative estimate of drug-likeness (QED) is 0.385. The lowest BCUT2D eigenvalue weighted by atomic mass is 10.0. The van der Waals surface area contributed by atoms with E-state index in [1.807, 2.05) is 59.3 Å². The number of likely N-dealkylation sites (tertiary alicyclic amines) is 1. The number of rotatable bonds is 7. The normalized spacial score (nSPS) is 20.8. The molecule has 2 atom stereocenters. The molecule has 3 aromatic rings. The van der Waals surface area contributed by atoms with Gasteiger partial charge in [0.05, 0.1) is 22.7 Å². The summed E-state index contributed by atoms with van der Waals surface area (Å²) in [5.74, 6) is 7.99. The molecule has 2 aliphatic heterocycles. The van der Waals surface area contributed by atoms with Gasteiger partial charge in [0, 0.05) is 36.1 Å². The molecule has 3 heterocycles. The van der Waals surface area contributed by atoms with E-state index in [4.69, 9.17) is 4.74 Å². The Morgan fingerprint density at radius 2 is 1.78 bits per heavy atom. The fourth-order valence-electron chi connectivity index (χ4n) is 4.30. The van der Waals surface area contributed by atoms with Crippen molar-refractivity contribution in [1.82, 2.24) is 14.5 Å². The Hall–Kier alpha value is -3.06. The molecular formula is C27H26F3N3O2Si. The number of hydrogen-bond acceptors (Lipinski definition) is 4. The summed E-state index contributed by atoms with van der Waals surface area (Å²) in [5, 5.41) is 10.0. The Morgan fingerprint density at radius 3 is 2.36 bits per heavy atom. The van der Waals surface area contributed by atoms with Gasteiger partial charge in [-0.15, -0.1) is 0 Å². The predicted octanol–water partition coefficient (Wildman–Crippen LogP) is 4.11. The zero-order chi connectivity index (χ0) is 25.3. The van der Waals surface area contributed by atoms with E-state index in [0.717, 1.165) is 38.1 Å². The lowest BCUT2D eigenvalue weighted by Crippen LogP contribution is -2.56. The smallest absolute Gasteiger partial charge is 0.401 e. The third-order valence-corrected chi connectivity index (χ3v) is 8.10. The zero-order valence-corrected chi connectivity index (χ0v) is 20.8. The zero-order valence-electron chi connectivity index (χ0n) is 19.8. The van der Waals surface area contributed by atoms with Gasteiger partial charge in [-0.1, -0.05) is 49.1 Å². The number of halogens is 3. The van der Waals surface area contributed by atoms with E-state index < -0.39 is 12.7 Å². The highest BCUT2D eigenvalue weighted by Gasteiger charge is 2.44. The van der Waals surface area contributed by atoms with E-state index >= 15 is 0 Å². The second-order valence-electron chi connectivity index (χ2n) is 9.46. The van der Waals surface area contributed by atoms with Gasteiger partial charge in [0.15, 0.2) is 0 Å². The van der Waals surface area contributed by atoms with E-state index in [0.29, 0.717) is 5.75 Å². The van der Waals surface area contributed by atoms with Crippen molar-refractivity contribution in [2.75, 3.05) is 26.2 Å². The number of aliphatic hydroxyl groups excluding tert-OH is 1. The molecule has 2 saturated heterocycles. The third-order valence-electron chi connectivity index (χ3n) is 6.46. The van der Waals surface area contributed by atoms with Crippen LogP contribution in [0.1, 0.15) is 24.4 Å². The molecule has 2 fully saturated rings. The molecule has 2 radical (unpaired) electrons. The van der Waals surface area contributed by atoms with E-state index in [1.165, 1.54) is 4.90 Å². The van der Waals surface area contributed by atoms with Crippen LogP contribution < -0.4 is 4.74 Å². The number of imidazole rings is 1. The number of alkyl halides is 3. The van der Waals surface area contributed by atoms with Gasteiger partial charge in [0.1, 0.15) is 23.7 Å². The predicted molar refractivity (Wildman–Crippen MR) is 132 cm³/mol. The van der Waals surface area contributed by atoms with Gasteiger partial charge in [-0.05, 0) is 35.4 Å². The van der Waals surface area contributed by atoms with Crippen molar-refractivity contribution >= 4 is 9.52 Å². The van der Waals surface area contributed by atoms with E-state index in [9.17, 15) is 18.3 Å². The maximum Gasteiger partial charge on any atom is 0.401 e. The SMILES string of the molecule is CC1(c2nccn2[C@@H](C#Cc2ccc(-c3ccc(OC4CN(CC(F)(F)F)C4)cc3)cc2)CO)C[Si]1. The molecule has 0 spiro atoms. The average molecular weight is 510 g/mol. The first-order valence-corrected chi connectivity index (χ1v) is 13.0. The number of hydrogen-bond donors (Lipinski definition) is 1. The molecule has 2 aliphatic rings. The molecule has 36 heavy (non-hydrogen) atoms. The summed E-state index contributed by atoms with van der Waals surface area (Å²) in [6.07, 6.45) is -0.732. The lowest BCUT2D eigenvalue weighted by Gasteiger charge is -2.39. The third kappa shape index (κ3) is 5.67. The van der Waals surface area contributed by atoms with Crippen LogP contribution in [0.25, 0.3) is 11.1 Å². The summed E-state index contributed by atoms with van der Waals surface area (Å²) in [6.45, 7) is 1.79. The van der Waals surface area contributed by atoms with Gasteiger partial charge >= 0.3 is 6.18 Å². The minimum absolute atomic E-state index is 0.0801. The molecule has 1 N–H and O–H groups in total. The minimum Gasteiger partial charge on any atom is -0.488 e. The largest absolute Gasteiger partial charge is 0.488 e. The Bertz CT molecular complexity index is 1250. The van der Waals surface area contributed by atoms with Gasteiger partial charge in [0.25, 0.3) is 0 Å². The van der Waals surface area contributed by atoms with Crippen molar-refractivity contribution in [1.29, 1.82) is 0 Å². The second-order valence-corrected chi connectivity index (χ2v) is 11.3. The fourth-order valence-corrected chi connectivity index (χ4v) is 5.07. The molecule has 1 aromatic heterocycles. The highest BCUT2D eigenvalue weighted by molar-refractivity contribution is 6.53. The molecule has 5 rings (SSSR count). The maximum atomic E-state index is 12.4.